The summed E-state index contributed by atoms with van der Waals surface area (Å²) in [5.41, 5.74) is 0.476. The second-order valence-electron chi connectivity index (χ2n) is 4.01. The summed E-state index contributed by atoms with van der Waals surface area (Å²) in [6, 6.07) is 12.0. The lowest BCUT2D eigenvalue weighted by atomic mass is 10.0. The molecule has 2 aromatic carbocycles. The predicted octanol–water partition coefficient (Wildman–Crippen LogP) is 2.79. The molecule has 0 fully saturated rings. The standard InChI is InChI=1S/C14H9NO3/c16-12-7-8-3-1-2-4-9(8)13-10(12)5-6-11(15-13)14(17)18/h1-7,16H,(H,17,18). The van der Waals surface area contributed by atoms with Crippen LogP contribution in [0.2, 0.25) is 0 Å². The first-order valence-corrected chi connectivity index (χ1v) is 5.41. The Kier molecular flexibility index (Phi) is 2.16. The van der Waals surface area contributed by atoms with Gasteiger partial charge in [0.2, 0.25) is 0 Å². The van der Waals surface area contributed by atoms with Gasteiger partial charge in [-0.25, -0.2) is 9.78 Å². The monoisotopic (exact) mass is 239 g/mol. The molecular formula is C14H9NO3. The van der Waals surface area contributed by atoms with E-state index in [0.29, 0.717) is 10.9 Å². The van der Waals surface area contributed by atoms with Crippen LogP contribution in [0.3, 0.4) is 0 Å². The molecule has 0 bridgehead atoms. The van der Waals surface area contributed by atoms with Crippen molar-refractivity contribution in [3.8, 4) is 5.75 Å². The lowest BCUT2D eigenvalue weighted by Crippen LogP contribution is -1.99. The van der Waals surface area contributed by atoms with Crippen molar-refractivity contribution >= 4 is 27.6 Å². The second kappa shape index (κ2) is 3.70. The summed E-state index contributed by atoms with van der Waals surface area (Å²) in [6.07, 6.45) is 0. The highest BCUT2D eigenvalue weighted by Crippen LogP contribution is 2.31. The Morgan fingerprint density at radius 2 is 1.83 bits per heavy atom. The third kappa shape index (κ3) is 1.47. The number of rotatable bonds is 1. The van der Waals surface area contributed by atoms with Crippen LogP contribution in [0.25, 0.3) is 21.7 Å². The van der Waals surface area contributed by atoms with Crippen molar-refractivity contribution in [1.29, 1.82) is 0 Å². The van der Waals surface area contributed by atoms with Crippen LogP contribution in [-0.2, 0) is 0 Å². The van der Waals surface area contributed by atoms with Crippen molar-refractivity contribution in [2.45, 2.75) is 0 Å². The lowest BCUT2D eigenvalue weighted by molar-refractivity contribution is 0.0691. The second-order valence-corrected chi connectivity index (χ2v) is 4.01. The Hall–Kier alpha value is -2.62. The number of aromatic nitrogens is 1. The van der Waals surface area contributed by atoms with Crippen molar-refractivity contribution in [3.63, 3.8) is 0 Å². The van der Waals surface area contributed by atoms with Gasteiger partial charge in [0.05, 0.1) is 5.52 Å². The van der Waals surface area contributed by atoms with Gasteiger partial charge in [-0.2, -0.15) is 0 Å². The highest BCUT2D eigenvalue weighted by atomic mass is 16.4. The Morgan fingerprint density at radius 1 is 1.06 bits per heavy atom. The molecular weight excluding hydrogens is 230 g/mol. The van der Waals surface area contributed by atoms with Crippen molar-refractivity contribution < 1.29 is 15.0 Å². The average Bonchev–Trinajstić information content (AvgIpc) is 2.38. The van der Waals surface area contributed by atoms with Crippen molar-refractivity contribution in [1.82, 2.24) is 4.98 Å². The summed E-state index contributed by atoms with van der Waals surface area (Å²) in [6.45, 7) is 0. The fourth-order valence-corrected chi connectivity index (χ4v) is 2.05. The minimum Gasteiger partial charge on any atom is -0.507 e. The minimum absolute atomic E-state index is 0.0294. The van der Waals surface area contributed by atoms with Crippen LogP contribution in [0.4, 0.5) is 0 Å². The molecule has 0 saturated heterocycles. The third-order valence-electron chi connectivity index (χ3n) is 2.90. The molecule has 3 rings (SSSR count). The number of hydrogen-bond donors (Lipinski definition) is 2. The van der Waals surface area contributed by atoms with Gasteiger partial charge in [0.15, 0.2) is 0 Å². The van der Waals surface area contributed by atoms with Gasteiger partial charge in [0.25, 0.3) is 0 Å². The lowest BCUT2D eigenvalue weighted by Gasteiger charge is -2.06. The fourth-order valence-electron chi connectivity index (χ4n) is 2.05. The molecule has 0 unspecified atom stereocenters. The van der Waals surface area contributed by atoms with E-state index in [1.165, 1.54) is 6.07 Å². The number of phenols is 1. The maximum absolute atomic E-state index is 10.9. The van der Waals surface area contributed by atoms with Crippen LogP contribution in [0.15, 0.2) is 42.5 Å². The van der Waals surface area contributed by atoms with Crippen LogP contribution >= 0.6 is 0 Å². The number of hydrogen-bond acceptors (Lipinski definition) is 3. The molecule has 0 aliphatic heterocycles. The molecule has 0 amide bonds. The van der Waals surface area contributed by atoms with Gasteiger partial charge in [-0.05, 0) is 23.6 Å². The number of nitrogens with zero attached hydrogens (tertiary/aromatic N) is 1. The Labute approximate surface area is 102 Å². The highest BCUT2D eigenvalue weighted by molar-refractivity contribution is 6.08. The number of phenolic OH excluding ortho intramolecular Hbond substituents is 1. The SMILES string of the molecule is O=C(O)c1ccc2c(O)cc3ccccc3c2n1. The van der Waals surface area contributed by atoms with E-state index in [9.17, 15) is 9.90 Å². The number of pyridine rings is 1. The summed E-state index contributed by atoms with van der Waals surface area (Å²) in [5.74, 6) is -0.975. The number of carboxylic acid groups (broad SMARTS) is 1. The van der Waals surface area contributed by atoms with E-state index in [1.807, 2.05) is 24.3 Å². The van der Waals surface area contributed by atoms with Gasteiger partial charge in [0.1, 0.15) is 11.4 Å². The molecule has 4 nitrogen and oxygen atoms in total. The molecule has 3 aromatic rings. The Bertz CT molecular complexity index is 780. The molecule has 1 heterocycles. The van der Waals surface area contributed by atoms with Gasteiger partial charge in [0, 0.05) is 10.8 Å². The number of carboxylic acids is 1. The van der Waals surface area contributed by atoms with Gasteiger partial charge in [-0.3, -0.25) is 0 Å². The van der Waals surface area contributed by atoms with Gasteiger partial charge in [-0.15, -0.1) is 0 Å². The maximum Gasteiger partial charge on any atom is 0.354 e. The van der Waals surface area contributed by atoms with Gasteiger partial charge >= 0.3 is 5.97 Å². The number of aromatic carboxylic acids is 1. The first-order chi connectivity index (χ1) is 8.66. The average molecular weight is 239 g/mol. The van der Waals surface area contributed by atoms with Gasteiger partial charge in [-0.1, -0.05) is 24.3 Å². The topological polar surface area (TPSA) is 70.4 Å². The molecule has 4 heteroatoms. The quantitative estimate of drug-likeness (QED) is 0.640. The van der Waals surface area contributed by atoms with Crippen LogP contribution < -0.4 is 0 Å². The van der Waals surface area contributed by atoms with Crippen LogP contribution in [0.1, 0.15) is 10.5 Å². The molecule has 0 saturated carbocycles. The molecule has 0 radical (unpaired) electrons. The number of carbonyl (C=O) groups is 1. The zero-order chi connectivity index (χ0) is 12.7. The molecule has 0 aliphatic carbocycles. The zero-order valence-electron chi connectivity index (χ0n) is 9.29. The smallest absolute Gasteiger partial charge is 0.354 e. The van der Waals surface area contributed by atoms with E-state index in [-0.39, 0.29) is 11.4 Å². The number of benzene rings is 2. The summed E-state index contributed by atoms with van der Waals surface area (Å²) >= 11 is 0. The normalized spacial score (nSPS) is 10.9. The van der Waals surface area contributed by atoms with E-state index in [0.717, 1.165) is 10.8 Å². The minimum atomic E-state index is -1.08. The first-order valence-electron chi connectivity index (χ1n) is 5.41. The molecule has 18 heavy (non-hydrogen) atoms. The summed E-state index contributed by atoms with van der Waals surface area (Å²) in [5, 5.41) is 21.1. The number of aromatic hydroxyl groups is 1. The van der Waals surface area contributed by atoms with Gasteiger partial charge < -0.3 is 10.2 Å². The van der Waals surface area contributed by atoms with Crippen LogP contribution in [-0.4, -0.2) is 21.2 Å². The third-order valence-corrected chi connectivity index (χ3v) is 2.90. The predicted molar refractivity (Wildman–Crippen MR) is 67.9 cm³/mol. The molecule has 0 aliphatic rings. The largest absolute Gasteiger partial charge is 0.507 e. The van der Waals surface area contributed by atoms with Crippen LogP contribution in [0.5, 0.6) is 5.75 Å². The Morgan fingerprint density at radius 3 is 2.61 bits per heavy atom. The molecule has 0 spiro atoms. The van der Waals surface area contributed by atoms with E-state index < -0.39 is 5.97 Å². The Balaban J connectivity index is 2.51. The molecule has 0 atom stereocenters. The number of fused-ring (bicyclic) bond motifs is 3. The molecule has 88 valence electrons. The van der Waals surface area contributed by atoms with E-state index in [1.54, 1.807) is 12.1 Å². The van der Waals surface area contributed by atoms with E-state index >= 15 is 0 Å². The first kappa shape index (κ1) is 10.5. The van der Waals surface area contributed by atoms with E-state index in [2.05, 4.69) is 4.98 Å². The molecule has 1 aromatic heterocycles. The van der Waals surface area contributed by atoms with Crippen LogP contribution in [0, 0.1) is 0 Å². The summed E-state index contributed by atoms with van der Waals surface area (Å²) in [4.78, 5) is 15.0. The zero-order valence-corrected chi connectivity index (χ0v) is 9.29. The summed E-state index contributed by atoms with van der Waals surface area (Å²) in [7, 11) is 0. The summed E-state index contributed by atoms with van der Waals surface area (Å²) < 4.78 is 0. The molecule has 2 N–H and O–H groups in total. The highest BCUT2D eigenvalue weighted by Gasteiger charge is 2.10. The fraction of sp³-hybridized carbons (Fsp3) is 0. The van der Waals surface area contributed by atoms with Crippen molar-refractivity contribution in [2.24, 2.45) is 0 Å². The van der Waals surface area contributed by atoms with E-state index in [4.69, 9.17) is 5.11 Å². The maximum atomic E-state index is 10.9. The van der Waals surface area contributed by atoms with Crippen molar-refractivity contribution in [2.75, 3.05) is 0 Å². The van der Waals surface area contributed by atoms with Crippen molar-refractivity contribution in [3.05, 3.63) is 48.2 Å².